The molecule has 0 saturated carbocycles. The van der Waals surface area contributed by atoms with Gasteiger partial charge in [-0.1, -0.05) is 41.4 Å². The highest BCUT2D eigenvalue weighted by Gasteiger charge is 2.49. The van der Waals surface area contributed by atoms with Crippen LogP contribution in [0.3, 0.4) is 0 Å². The van der Waals surface area contributed by atoms with Crippen molar-refractivity contribution in [3.8, 4) is 17.2 Å². The van der Waals surface area contributed by atoms with Gasteiger partial charge in [0, 0.05) is 41.5 Å². The van der Waals surface area contributed by atoms with Crippen LogP contribution in [0, 0.1) is 23.7 Å². The molecule has 3 aromatic rings. The Bertz CT molecular complexity index is 1470. The monoisotopic (exact) mass is 564 g/mol. The minimum absolute atomic E-state index is 0.203. The molecular formula is C29H30Cl2N6O2. The lowest BCUT2D eigenvalue weighted by atomic mass is 9.73. The van der Waals surface area contributed by atoms with E-state index in [-0.39, 0.29) is 17.2 Å². The van der Waals surface area contributed by atoms with E-state index < -0.39 is 11.7 Å². The number of amides is 1. The highest BCUT2D eigenvalue weighted by molar-refractivity contribution is 6.43. The largest absolute Gasteiger partial charge is 0.444 e. The number of alkyl carbamates (subject to hydrolysis) is 1. The average Bonchev–Trinajstić information content (AvgIpc) is 3.17. The van der Waals surface area contributed by atoms with Crippen LogP contribution in [0.5, 0.6) is 0 Å². The maximum Gasteiger partial charge on any atom is 0.408 e. The molecule has 1 saturated heterocycles. The number of halogens is 2. The number of nitriles is 1. The zero-order valence-corrected chi connectivity index (χ0v) is 23.9. The van der Waals surface area contributed by atoms with E-state index in [4.69, 9.17) is 32.9 Å². The molecule has 0 unspecified atom stereocenters. The third-order valence-corrected chi connectivity index (χ3v) is 8.30. The lowest BCUT2D eigenvalue weighted by molar-refractivity contribution is 0.0427. The van der Waals surface area contributed by atoms with Crippen LogP contribution in [0.25, 0.3) is 11.1 Å². The number of fused-ring (bicyclic) bond motifs is 1. The number of pyridine rings is 1. The van der Waals surface area contributed by atoms with Crippen molar-refractivity contribution in [2.45, 2.75) is 58.6 Å². The van der Waals surface area contributed by atoms with Gasteiger partial charge >= 0.3 is 6.09 Å². The fourth-order valence-corrected chi connectivity index (χ4v) is 6.09. The van der Waals surface area contributed by atoms with Gasteiger partial charge in [0.1, 0.15) is 11.7 Å². The zero-order valence-electron chi connectivity index (χ0n) is 22.4. The molecule has 5 rings (SSSR count). The molecule has 8 nitrogen and oxygen atoms in total. The summed E-state index contributed by atoms with van der Waals surface area (Å²) < 4.78 is 5.59. The van der Waals surface area contributed by atoms with E-state index in [9.17, 15) is 10.1 Å². The van der Waals surface area contributed by atoms with Gasteiger partial charge in [-0.05, 0) is 64.7 Å². The minimum Gasteiger partial charge on any atom is -0.444 e. The molecule has 2 aliphatic rings. The van der Waals surface area contributed by atoms with Crippen molar-refractivity contribution in [3.05, 3.63) is 69.2 Å². The van der Waals surface area contributed by atoms with Crippen molar-refractivity contribution >= 4 is 35.2 Å². The van der Waals surface area contributed by atoms with Crippen molar-refractivity contribution < 1.29 is 9.53 Å². The molecule has 1 amide bonds. The number of hydrogen-bond acceptors (Lipinski definition) is 7. The van der Waals surface area contributed by atoms with Crippen LogP contribution in [0.1, 0.15) is 62.3 Å². The Kier molecular flexibility index (Phi) is 7.17. The maximum atomic E-state index is 12.8. The van der Waals surface area contributed by atoms with Gasteiger partial charge in [-0.25, -0.2) is 14.8 Å². The molecule has 1 fully saturated rings. The van der Waals surface area contributed by atoms with Crippen LogP contribution in [0.4, 0.5) is 10.7 Å². The van der Waals surface area contributed by atoms with E-state index in [1.807, 2.05) is 45.9 Å². The average molecular weight is 566 g/mol. The van der Waals surface area contributed by atoms with Gasteiger partial charge in [0.2, 0.25) is 5.95 Å². The Balaban J connectivity index is 1.40. The second-order valence-electron chi connectivity index (χ2n) is 11.2. The summed E-state index contributed by atoms with van der Waals surface area (Å²) in [6.07, 6.45) is 3.71. The van der Waals surface area contributed by atoms with Gasteiger partial charge in [0.25, 0.3) is 0 Å². The number of aromatic nitrogens is 3. The van der Waals surface area contributed by atoms with Gasteiger partial charge < -0.3 is 15.0 Å². The molecule has 10 heteroatoms. The smallest absolute Gasteiger partial charge is 0.408 e. The van der Waals surface area contributed by atoms with Gasteiger partial charge in [0.15, 0.2) is 5.69 Å². The number of piperidine rings is 1. The first-order valence-corrected chi connectivity index (χ1v) is 13.7. The topological polar surface area (TPSA) is 104 Å². The molecule has 1 aliphatic heterocycles. The number of hydrogen-bond donors (Lipinski definition) is 1. The summed E-state index contributed by atoms with van der Waals surface area (Å²) in [5.41, 5.74) is 3.38. The van der Waals surface area contributed by atoms with Gasteiger partial charge in [-0.3, -0.25) is 4.98 Å². The second-order valence-corrected chi connectivity index (χ2v) is 12.0. The summed E-state index contributed by atoms with van der Waals surface area (Å²) in [4.78, 5) is 28.9. The predicted molar refractivity (Wildman–Crippen MR) is 151 cm³/mol. The van der Waals surface area contributed by atoms with Crippen LogP contribution in [-0.2, 0) is 11.2 Å². The van der Waals surface area contributed by atoms with E-state index in [1.54, 1.807) is 18.3 Å². The quantitative estimate of drug-likeness (QED) is 0.390. The van der Waals surface area contributed by atoms with Crippen molar-refractivity contribution in [1.82, 2.24) is 20.3 Å². The van der Waals surface area contributed by atoms with E-state index in [1.165, 1.54) is 0 Å². The standard InChI is InChI=1S/C29H30Cl2N6O2/c1-17-23(19-7-5-9-20(30)24(19)31)22(16-32)35-26(34-17)37-13-10-29(11-14-37)15-21-18(8-6-12-33-21)25(29)36-27(38)39-28(2,3)4/h5-9,12,25H,10-11,13-15H2,1-4H3,(H,36,38)/t25-/m1/s1. The third kappa shape index (κ3) is 5.26. The maximum absolute atomic E-state index is 12.8. The van der Waals surface area contributed by atoms with Gasteiger partial charge in [-0.15, -0.1) is 0 Å². The highest BCUT2D eigenvalue weighted by atomic mass is 35.5. The SMILES string of the molecule is Cc1nc(N2CCC3(CC2)Cc2ncccc2[C@H]3NC(=O)OC(C)(C)C)nc(C#N)c1-c1cccc(Cl)c1Cl. The predicted octanol–water partition coefficient (Wildman–Crippen LogP) is 6.43. The lowest BCUT2D eigenvalue weighted by Gasteiger charge is -2.43. The fourth-order valence-electron chi connectivity index (χ4n) is 5.70. The number of carbonyl (C=O) groups is 1. The van der Waals surface area contributed by atoms with Crippen molar-refractivity contribution in [2.75, 3.05) is 18.0 Å². The Morgan fingerprint density at radius 2 is 1.92 bits per heavy atom. The fraction of sp³-hybridized carbons (Fsp3) is 0.414. The summed E-state index contributed by atoms with van der Waals surface area (Å²) in [5.74, 6) is 0.506. The van der Waals surface area contributed by atoms with Crippen LogP contribution < -0.4 is 10.2 Å². The first kappa shape index (κ1) is 27.2. The molecular weight excluding hydrogens is 535 g/mol. The summed E-state index contributed by atoms with van der Waals surface area (Å²) in [6.45, 7) is 8.75. The van der Waals surface area contributed by atoms with E-state index >= 15 is 0 Å². The number of ether oxygens (including phenoxy) is 1. The normalized spacial score (nSPS) is 18.0. The molecule has 1 spiro atoms. The molecule has 202 valence electrons. The summed E-state index contributed by atoms with van der Waals surface area (Å²) in [5, 5.41) is 13.9. The number of benzene rings is 1. The molecule has 0 bridgehead atoms. The van der Waals surface area contributed by atoms with E-state index in [0.29, 0.717) is 45.9 Å². The van der Waals surface area contributed by atoms with Gasteiger partial charge in [-0.2, -0.15) is 5.26 Å². The number of rotatable bonds is 3. The van der Waals surface area contributed by atoms with Gasteiger partial charge in [0.05, 0.1) is 21.8 Å². The highest BCUT2D eigenvalue weighted by Crippen LogP contribution is 2.51. The molecule has 39 heavy (non-hydrogen) atoms. The number of nitrogens with zero attached hydrogens (tertiary/aromatic N) is 5. The first-order chi connectivity index (χ1) is 18.5. The molecule has 3 heterocycles. The number of aryl methyl sites for hydroxylation is 1. The lowest BCUT2D eigenvalue weighted by Crippen LogP contribution is -2.48. The Hall–Kier alpha value is -3.41. The summed E-state index contributed by atoms with van der Waals surface area (Å²) >= 11 is 12.7. The van der Waals surface area contributed by atoms with Crippen molar-refractivity contribution in [1.29, 1.82) is 5.26 Å². The van der Waals surface area contributed by atoms with Crippen molar-refractivity contribution in [3.63, 3.8) is 0 Å². The van der Waals surface area contributed by atoms with Crippen molar-refractivity contribution in [2.24, 2.45) is 5.41 Å². The number of nitrogens with one attached hydrogen (secondary N) is 1. The minimum atomic E-state index is -0.591. The Labute approximate surface area is 238 Å². The van der Waals surface area contributed by atoms with E-state index in [0.717, 1.165) is 30.5 Å². The number of anilines is 1. The summed E-state index contributed by atoms with van der Waals surface area (Å²) in [7, 11) is 0. The third-order valence-electron chi connectivity index (χ3n) is 7.48. The molecule has 2 aromatic heterocycles. The Morgan fingerprint density at radius 3 is 2.62 bits per heavy atom. The van der Waals surface area contributed by atoms with Crippen LogP contribution in [0.2, 0.25) is 10.0 Å². The van der Waals surface area contributed by atoms with Crippen LogP contribution >= 0.6 is 23.2 Å². The molecule has 0 radical (unpaired) electrons. The summed E-state index contributed by atoms with van der Waals surface area (Å²) in [6, 6.07) is 11.3. The molecule has 1 aliphatic carbocycles. The first-order valence-electron chi connectivity index (χ1n) is 12.9. The van der Waals surface area contributed by atoms with Crippen LogP contribution in [-0.4, -0.2) is 39.7 Å². The Morgan fingerprint density at radius 1 is 1.18 bits per heavy atom. The van der Waals surface area contributed by atoms with E-state index in [2.05, 4.69) is 26.3 Å². The number of carbonyl (C=O) groups excluding carboxylic acids is 1. The molecule has 1 aromatic carbocycles. The molecule has 1 atom stereocenters. The van der Waals surface area contributed by atoms with Crippen LogP contribution in [0.15, 0.2) is 36.5 Å². The molecule has 1 N–H and O–H groups in total. The second kappa shape index (κ2) is 10.3. The zero-order chi connectivity index (χ0) is 27.9.